The minimum absolute atomic E-state index is 0.0538. The summed E-state index contributed by atoms with van der Waals surface area (Å²) in [7, 11) is 0. The molecule has 0 radical (unpaired) electrons. The van der Waals surface area contributed by atoms with Gasteiger partial charge in [0, 0.05) is 37.4 Å². The Morgan fingerprint density at radius 2 is 1.93 bits per heavy atom. The predicted molar refractivity (Wildman–Crippen MR) is 111 cm³/mol. The van der Waals surface area contributed by atoms with Crippen molar-refractivity contribution >= 4 is 5.91 Å². The lowest BCUT2D eigenvalue weighted by molar-refractivity contribution is 0.0909. The van der Waals surface area contributed by atoms with Crippen molar-refractivity contribution in [3.05, 3.63) is 71.2 Å². The fourth-order valence-electron chi connectivity index (χ4n) is 3.90. The zero-order valence-corrected chi connectivity index (χ0v) is 16.9. The van der Waals surface area contributed by atoms with E-state index in [2.05, 4.69) is 44.6 Å². The van der Waals surface area contributed by atoms with Gasteiger partial charge in [0.15, 0.2) is 0 Å². The fraction of sp³-hybridized carbons (Fsp3) is 0.348. The zero-order chi connectivity index (χ0) is 20.2. The summed E-state index contributed by atoms with van der Waals surface area (Å²) in [6.45, 7) is 6.67. The standard InChI is InChI=1S/C23H26N4O2/c1-16-22(17(2)29-26-16)21-14-19(8-11-24-21)23(28)25-20-9-12-27(13-10-20)15-18-6-4-3-5-7-18/h3-8,11,14,20H,9-10,12-13,15H2,1-2H3,(H,25,28). The van der Waals surface area contributed by atoms with Gasteiger partial charge in [-0.2, -0.15) is 0 Å². The molecule has 0 unspecified atom stereocenters. The van der Waals surface area contributed by atoms with Gasteiger partial charge in [-0.05, 0) is 44.4 Å². The van der Waals surface area contributed by atoms with Crippen LogP contribution in [0, 0.1) is 13.8 Å². The largest absolute Gasteiger partial charge is 0.361 e. The molecular weight excluding hydrogens is 364 g/mol. The second-order valence-electron chi connectivity index (χ2n) is 7.64. The number of piperidine rings is 1. The average molecular weight is 390 g/mol. The molecule has 0 aliphatic carbocycles. The SMILES string of the molecule is Cc1noc(C)c1-c1cc(C(=O)NC2CCN(Cc3ccccc3)CC2)ccn1. The molecule has 1 aliphatic heterocycles. The van der Waals surface area contributed by atoms with Crippen molar-refractivity contribution in [2.75, 3.05) is 13.1 Å². The third-order valence-corrected chi connectivity index (χ3v) is 5.48. The number of carbonyl (C=O) groups is 1. The van der Waals surface area contributed by atoms with Gasteiger partial charge in [0.25, 0.3) is 5.91 Å². The number of carbonyl (C=O) groups excluding carboxylic acids is 1. The molecule has 0 atom stereocenters. The van der Waals surface area contributed by atoms with Crippen molar-refractivity contribution in [3.63, 3.8) is 0 Å². The Morgan fingerprint density at radius 3 is 2.62 bits per heavy atom. The molecule has 29 heavy (non-hydrogen) atoms. The summed E-state index contributed by atoms with van der Waals surface area (Å²) in [5.74, 6) is 0.653. The summed E-state index contributed by atoms with van der Waals surface area (Å²) in [5.41, 5.74) is 4.29. The Hall–Kier alpha value is -2.99. The summed E-state index contributed by atoms with van der Waals surface area (Å²) in [5, 5.41) is 7.17. The molecule has 6 nitrogen and oxygen atoms in total. The molecule has 1 N–H and O–H groups in total. The van der Waals surface area contributed by atoms with E-state index in [1.54, 1.807) is 12.3 Å². The molecule has 150 valence electrons. The Balaban J connectivity index is 1.35. The Labute approximate surface area is 170 Å². The molecule has 1 saturated heterocycles. The molecule has 3 heterocycles. The molecule has 1 fully saturated rings. The quantitative estimate of drug-likeness (QED) is 0.718. The van der Waals surface area contributed by atoms with E-state index in [4.69, 9.17) is 4.52 Å². The molecule has 3 aromatic rings. The number of likely N-dealkylation sites (tertiary alicyclic amines) is 1. The average Bonchev–Trinajstić information content (AvgIpc) is 3.08. The third-order valence-electron chi connectivity index (χ3n) is 5.48. The lowest BCUT2D eigenvalue weighted by Gasteiger charge is -2.32. The van der Waals surface area contributed by atoms with E-state index < -0.39 is 0 Å². The topological polar surface area (TPSA) is 71.3 Å². The molecular formula is C23H26N4O2. The van der Waals surface area contributed by atoms with Crippen LogP contribution >= 0.6 is 0 Å². The molecule has 0 saturated carbocycles. The van der Waals surface area contributed by atoms with Gasteiger partial charge < -0.3 is 9.84 Å². The van der Waals surface area contributed by atoms with Crippen molar-refractivity contribution in [3.8, 4) is 11.3 Å². The van der Waals surface area contributed by atoms with Crippen molar-refractivity contribution in [2.24, 2.45) is 0 Å². The van der Waals surface area contributed by atoms with E-state index in [1.165, 1.54) is 5.56 Å². The van der Waals surface area contributed by atoms with Crippen molar-refractivity contribution < 1.29 is 9.32 Å². The number of amides is 1. The maximum atomic E-state index is 12.8. The maximum Gasteiger partial charge on any atom is 0.251 e. The highest BCUT2D eigenvalue weighted by molar-refractivity contribution is 5.95. The van der Waals surface area contributed by atoms with Crippen LogP contribution in [-0.2, 0) is 6.54 Å². The molecule has 1 aliphatic rings. The first-order valence-electron chi connectivity index (χ1n) is 10.1. The number of benzene rings is 1. The number of pyridine rings is 1. The highest BCUT2D eigenvalue weighted by Crippen LogP contribution is 2.25. The van der Waals surface area contributed by atoms with Crippen molar-refractivity contribution in [2.45, 2.75) is 39.3 Å². The molecule has 1 aromatic carbocycles. The predicted octanol–water partition coefficient (Wildman–Crippen LogP) is 3.75. The molecule has 4 rings (SSSR count). The number of hydrogen-bond donors (Lipinski definition) is 1. The van der Waals surface area contributed by atoms with Crippen LogP contribution in [0.4, 0.5) is 0 Å². The third kappa shape index (κ3) is 4.54. The smallest absolute Gasteiger partial charge is 0.251 e. The van der Waals surface area contributed by atoms with Crippen LogP contribution in [0.5, 0.6) is 0 Å². The molecule has 1 amide bonds. The van der Waals surface area contributed by atoms with E-state index in [9.17, 15) is 4.79 Å². The van der Waals surface area contributed by atoms with Crippen molar-refractivity contribution in [1.82, 2.24) is 20.4 Å². The van der Waals surface area contributed by atoms with Crippen LogP contribution in [0.3, 0.4) is 0 Å². The summed E-state index contributed by atoms with van der Waals surface area (Å²) in [6.07, 6.45) is 3.58. The summed E-state index contributed by atoms with van der Waals surface area (Å²) >= 11 is 0. The minimum atomic E-state index is -0.0538. The number of aryl methyl sites for hydroxylation is 2. The van der Waals surface area contributed by atoms with E-state index in [0.29, 0.717) is 17.0 Å². The maximum absolute atomic E-state index is 12.8. The first kappa shape index (κ1) is 19.3. The van der Waals surface area contributed by atoms with Gasteiger partial charge in [-0.25, -0.2) is 0 Å². The number of nitrogens with zero attached hydrogens (tertiary/aromatic N) is 3. The first-order chi connectivity index (χ1) is 14.1. The molecule has 0 bridgehead atoms. The highest BCUT2D eigenvalue weighted by Gasteiger charge is 2.22. The Morgan fingerprint density at radius 1 is 1.17 bits per heavy atom. The van der Waals surface area contributed by atoms with Gasteiger partial charge in [-0.1, -0.05) is 35.5 Å². The molecule has 2 aromatic heterocycles. The van der Waals surface area contributed by atoms with Crippen LogP contribution < -0.4 is 5.32 Å². The summed E-state index contributed by atoms with van der Waals surface area (Å²) in [6, 6.07) is 14.3. The van der Waals surface area contributed by atoms with E-state index in [1.807, 2.05) is 26.0 Å². The summed E-state index contributed by atoms with van der Waals surface area (Å²) in [4.78, 5) is 19.6. The van der Waals surface area contributed by atoms with Crippen molar-refractivity contribution in [1.29, 1.82) is 0 Å². The first-order valence-corrected chi connectivity index (χ1v) is 10.1. The lowest BCUT2D eigenvalue weighted by Crippen LogP contribution is -2.44. The number of rotatable bonds is 5. The van der Waals surface area contributed by atoms with Gasteiger partial charge in [0.2, 0.25) is 0 Å². The second-order valence-corrected chi connectivity index (χ2v) is 7.64. The number of nitrogens with one attached hydrogen (secondary N) is 1. The Bertz CT molecular complexity index is 956. The molecule has 0 spiro atoms. The number of aromatic nitrogens is 2. The van der Waals surface area contributed by atoms with Gasteiger partial charge in [0.1, 0.15) is 5.76 Å². The second kappa shape index (κ2) is 8.57. The summed E-state index contributed by atoms with van der Waals surface area (Å²) < 4.78 is 5.23. The van der Waals surface area contributed by atoms with E-state index in [0.717, 1.165) is 43.7 Å². The van der Waals surface area contributed by atoms with Crippen LogP contribution in [0.2, 0.25) is 0 Å². The lowest BCUT2D eigenvalue weighted by atomic mass is 10.0. The Kier molecular flexibility index (Phi) is 5.71. The normalized spacial score (nSPS) is 15.4. The minimum Gasteiger partial charge on any atom is -0.361 e. The zero-order valence-electron chi connectivity index (χ0n) is 16.9. The van der Waals surface area contributed by atoms with E-state index in [-0.39, 0.29) is 11.9 Å². The monoisotopic (exact) mass is 390 g/mol. The van der Waals surface area contributed by atoms with Gasteiger partial charge >= 0.3 is 0 Å². The van der Waals surface area contributed by atoms with Crippen LogP contribution in [0.25, 0.3) is 11.3 Å². The van der Waals surface area contributed by atoms with Gasteiger partial charge in [-0.15, -0.1) is 0 Å². The molecule has 6 heteroatoms. The van der Waals surface area contributed by atoms with Crippen LogP contribution in [0.15, 0.2) is 53.2 Å². The van der Waals surface area contributed by atoms with Crippen LogP contribution in [-0.4, -0.2) is 40.1 Å². The number of hydrogen-bond acceptors (Lipinski definition) is 5. The van der Waals surface area contributed by atoms with Gasteiger partial charge in [-0.3, -0.25) is 14.7 Å². The fourth-order valence-corrected chi connectivity index (χ4v) is 3.90. The van der Waals surface area contributed by atoms with Gasteiger partial charge in [0.05, 0.1) is 17.0 Å². The van der Waals surface area contributed by atoms with Crippen LogP contribution in [0.1, 0.15) is 40.2 Å². The van der Waals surface area contributed by atoms with E-state index >= 15 is 0 Å². The highest BCUT2D eigenvalue weighted by atomic mass is 16.5.